The van der Waals surface area contributed by atoms with E-state index in [9.17, 15) is 0 Å². The maximum atomic E-state index is 5.30. The van der Waals surface area contributed by atoms with Crippen molar-refractivity contribution in [3.8, 4) is 22.8 Å². The number of rotatable bonds is 7. The molecule has 0 aliphatic rings. The van der Waals surface area contributed by atoms with Gasteiger partial charge < -0.3 is 4.74 Å². The van der Waals surface area contributed by atoms with Crippen molar-refractivity contribution in [3.05, 3.63) is 90.5 Å². The first-order chi connectivity index (χ1) is 13.8. The topological polar surface area (TPSA) is 39.9 Å². The highest BCUT2D eigenvalue weighted by Crippen LogP contribution is 2.29. The van der Waals surface area contributed by atoms with Gasteiger partial charge >= 0.3 is 0 Å². The fourth-order valence-electron chi connectivity index (χ4n) is 3.01. The summed E-state index contributed by atoms with van der Waals surface area (Å²) >= 11 is 1.72. The van der Waals surface area contributed by atoms with Gasteiger partial charge in [0.15, 0.2) is 11.0 Å². The number of aromatic nitrogens is 3. The molecule has 140 valence electrons. The zero-order valence-electron chi connectivity index (χ0n) is 15.7. The highest BCUT2D eigenvalue weighted by atomic mass is 32.2. The fraction of sp³-hybridized carbons (Fsp3) is 0.130. The Bertz CT molecular complexity index is 1010. The summed E-state index contributed by atoms with van der Waals surface area (Å²) in [6.45, 7) is 0. The Morgan fingerprint density at radius 2 is 1.50 bits per heavy atom. The van der Waals surface area contributed by atoms with E-state index >= 15 is 0 Å². The van der Waals surface area contributed by atoms with Gasteiger partial charge in [-0.2, -0.15) is 0 Å². The summed E-state index contributed by atoms with van der Waals surface area (Å²) in [7, 11) is 1.67. The lowest BCUT2D eigenvalue weighted by Gasteiger charge is -2.11. The molecule has 0 aliphatic heterocycles. The van der Waals surface area contributed by atoms with Crippen LogP contribution in [-0.2, 0) is 6.42 Å². The molecule has 4 rings (SSSR count). The van der Waals surface area contributed by atoms with Crippen molar-refractivity contribution < 1.29 is 4.74 Å². The summed E-state index contributed by atoms with van der Waals surface area (Å²) in [5.74, 6) is 2.61. The Hall–Kier alpha value is -3.05. The molecular formula is C23H21N3OS. The van der Waals surface area contributed by atoms with Crippen molar-refractivity contribution in [2.24, 2.45) is 0 Å². The fourth-order valence-corrected chi connectivity index (χ4v) is 3.95. The molecule has 0 bridgehead atoms. The third-order valence-corrected chi connectivity index (χ3v) is 5.39. The maximum absolute atomic E-state index is 5.30. The van der Waals surface area contributed by atoms with Gasteiger partial charge in [-0.05, 0) is 36.2 Å². The molecule has 0 amide bonds. The minimum Gasteiger partial charge on any atom is -0.497 e. The molecule has 4 aromatic rings. The van der Waals surface area contributed by atoms with Crippen molar-refractivity contribution in [1.82, 2.24) is 14.8 Å². The van der Waals surface area contributed by atoms with Crippen LogP contribution in [0.25, 0.3) is 17.1 Å². The van der Waals surface area contributed by atoms with Gasteiger partial charge in [0.05, 0.1) is 7.11 Å². The Labute approximate surface area is 169 Å². The van der Waals surface area contributed by atoms with E-state index in [-0.39, 0.29) is 0 Å². The smallest absolute Gasteiger partial charge is 0.196 e. The Morgan fingerprint density at radius 3 is 2.18 bits per heavy atom. The Balaban J connectivity index is 1.64. The second kappa shape index (κ2) is 8.76. The number of aryl methyl sites for hydroxylation is 1. The van der Waals surface area contributed by atoms with Crippen LogP contribution < -0.4 is 4.74 Å². The summed E-state index contributed by atoms with van der Waals surface area (Å²) in [6.07, 6.45) is 0.988. The van der Waals surface area contributed by atoms with Gasteiger partial charge in [-0.15, -0.1) is 10.2 Å². The number of benzene rings is 3. The van der Waals surface area contributed by atoms with E-state index in [0.717, 1.165) is 40.2 Å². The lowest BCUT2D eigenvalue weighted by atomic mass is 10.2. The molecule has 0 aliphatic carbocycles. The van der Waals surface area contributed by atoms with Crippen LogP contribution >= 0.6 is 11.8 Å². The minimum atomic E-state index is 0.830. The zero-order valence-corrected chi connectivity index (χ0v) is 16.5. The maximum Gasteiger partial charge on any atom is 0.196 e. The van der Waals surface area contributed by atoms with Crippen LogP contribution in [0.3, 0.4) is 0 Å². The van der Waals surface area contributed by atoms with Crippen LogP contribution in [-0.4, -0.2) is 27.6 Å². The number of hydrogen-bond donors (Lipinski definition) is 0. The molecule has 4 nitrogen and oxygen atoms in total. The molecule has 0 unspecified atom stereocenters. The van der Waals surface area contributed by atoms with E-state index in [2.05, 4.69) is 51.2 Å². The minimum absolute atomic E-state index is 0.830. The summed E-state index contributed by atoms with van der Waals surface area (Å²) in [6, 6.07) is 28.7. The second-order valence-corrected chi connectivity index (χ2v) is 7.35. The molecule has 0 fully saturated rings. The molecule has 0 radical (unpaired) electrons. The summed E-state index contributed by atoms with van der Waals surface area (Å²) in [5, 5.41) is 9.87. The third kappa shape index (κ3) is 4.10. The van der Waals surface area contributed by atoms with E-state index in [1.807, 2.05) is 48.5 Å². The summed E-state index contributed by atoms with van der Waals surface area (Å²) < 4.78 is 7.42. The van der Waals surface area contributed by atoms with Crippen molar-refractivity contribution >= 4 is 11.8 Å². The summed E-state index contributed by atoms with van der Waals surface area (Å²) in [5.41, 5.74) is 3.39. The SMILES string of the molecule is COc1ccc(-n2c(SCCc3ccccc3)nnc2-c2ccccc2)cc1. The van der Waals surface area contributed by atoms with Crippen LogP contribution in [0.1, 0.15) is 5.56 Å². The Kier molecular flexibility index (Phi) is 5.73. The molecule has 5 heteroatoms. The number of thioether (sulfide) groups is 1. The van der Waals surface area contributed by atoms with Crippen LogP contribution in [0.15, 0.2) is 90.1 Å². The summed E-state index contributed by atoms with van der Waals surface area (Å²) in [4.78, 5) is 0. The van der Waals surface area contributed by atoms with Crippen molar-refractivity contribution in [1.29, 1.82) is 0 Å². The first kappa shape index (κ1) is 18.3. The van der Waals surface area contributed by atoms with Crippen molar-refractivity contribution in [3.63, 3.8) is 0 Å². The normalized spacial score (nSPS) is 10.8. The lowest BCUT2D eigenvalue weighted by molar-refractivity contribution is 0.414. The van der Waals surface area contributed by atoms with Crippen LogP contribution in [0.4, 0.5) is 0 Å². The predicted octanol–water partition coefficient (Wildman–Crippen LogP) is 5.28. The predicted molar refractivity (Wildman–Crippen MR) is 114 cm³/mol. The number of nitrogens with zero attached hydrogens (tertiary/aromatic N) is 3. The van der Waals surface area contributed by atoms with Gasteiger partial charge in [0.1, 0.15) is 5.75 Å². The van der Waals surface area contributed by atoms with Crippen LogP contribution in [0.2, 0.25) is 0 Å². The quantitative estimate of drug-likeness (QED) is 0.405. The number of ether oxygens (including phenoxy) is 1. The van der Waals surface area contributed by atoms with Crippen LogP contribution in [0, 0.1) is 0 Å². The van der Waals surface area contributed by atoms with Gasteiger partial charge in [-0.1, -0.05) is 72.4 Å². The molecule has 0 atom stereocenters. The van der Waals surface area contributed by atoms with E-state index in [0.29, 0.717) is 0 Å². The first-order valence-electron chi connectivity index (χ1n) is 9.17. The first-order valence-corrected chi connectivity index (χ1v) is 10.2. The van der Waals surface area contributed by atoms with E-state index in [4.69, 9.17) is 4.74 Å². The van der Waals surface area contributed by atoms with Crippen molar-refractivity contribution in [2.75, 3.05) is 12.9 Å². The van der Waals surface area contributed by atoms with Gasteiger partial charge in [0.25, 0.3) is 0 Å². The molecular weight excluding hydrogens is 366 g/mol. The zero-order chi connectivity index (χ0) is 19.2. The van der Waals surface area contributed by atoms with Gasteiger partial charge in [-0.3, -0.25) is 4.57 Å². The molecule has 28 heavy (non-hydrogen) atoms. The molecule has 0 saturated carbocycles. The third-order valence-electron chi connectivity index (χ3n) is 4.46. The van der Waals surface area contributed by atoms with Crippen molar-refractivity contribution in [2.45, 2.75) is 11.6 Å². The largest absolute Gasteiger partial charge is 0.497 e. The Morgan fingerprint density at radius 1 is 0.821 bits per heavy atom. The molecule has 1 aromatic heterocycles. The molecule has 0 spiro atoms. The number of methoxy groups -OCH3 is 1. The molecule has 3 aromatic carbocycles. The lowest BCUT2D eigenvalue weighted by Crippen LogP contribution is -2.00. The van der Waals surface area contributed by atoms with Gasteiger partial charge in [-0.25, -0.2) is 0 Å². The highest BCUT2D eigenvalue weighted by molar-refractivity contribution is 7.99. The average Bonchev–Trinajstić information content (AvgIpc) is 3.19. The van der Waals surface area contributed by atoms with Crippen LogP contribution in [0.5, 0.6) is 5.75 Å². The van der Waals surface area contributed by atoms with Gasteiger partial charge in [0, 0.05) is 17.0 Å². The standard InChI is InChI=1S/C23H21N3OS/c1-27-21-14-12-20(13-15-21)26-22(19-10-6-3-7-11-19)24-25-23(26)28-17-16-18-8-4-2-5-9-18/h2-15H,16-17H2,1H3. The van der Waals surface area contributed by atoms with E-state index < -0.39 is 0 Å². The number of hydrogen-bond acceptors (Lipinski definition) is 4. The molecule has 1 heterocycles. The molecule has 0 N–H and O–H groups in total. The highest BCUT2D eigenvalue weighted by Gasteiger charge is 2.16. The van der Waals surface area contributed by atoms with E-state index in [1.165, 1.54) is 5.56 Å². The van der Waals surface area contributed by atoms with E-state index in [1.54, 1.807) is 18.9 Å². The van der Waals surface area contributed by atoms with Gasteiger partial charge in [0.2, 0.25) is 0 Å². The second-order valence-electron chi connectivity index (χ2n) is 6.29. The average molecular weight is 388 g/mol. The molecule has 0 saturated heterocycles. The monoisotopic (exact) mass is 387 g/mol.